The van der Waals surface area contributed by atoms with E-state index in [0.717, 1.165) is 10.1 Å². The third kappa shape index (κ3) is 1.68. The maximum Gasteiger partial charge on any atom is 0.350 e. The number of anilines is 1. The van der Waals surface area contributed by atoms with Crippen LogP contribution in [0.5, 0.6) is 0 Å². The Hall–Kier alpha value is -1.55. The molecule has 0 fully saturated rings. The molecule has 0 aliphatic heterocycles. The van der Waals surface area contributed by atoms with E-state index >= 15 is 0 Å². The molecule has 0 radical (unpaired) electrons. The van der Waals surface area contributed by atoms with Gasteiger partial charge in [-0.25, -0.2) is 4.79 Å². The van der Waals surface area contributed by atoms with Gasteiger partial charge >= 0.3 is 5.97 Å². The second-order valence-corrected chi connectivity index (χ2v) is 4.11. The van der Waals surface area contributed by atoms with Gasteiger partial charge in [0, 0.05) is 10.1 Å². The maximum absolute atomic E-state index is 11.5. The van der Waals surface area contributed by atoms with Crippen molar-refractivity contribution < 1.29 is 9.53 Å². The zero-order chi connectivity index (χ0) is 10.8. The molecule has 1 aromatic carbocycles. The molecular weight excluding hydrogens is 210 g/mol. The molecule has 4 heteroatoms. The van der Waals surface area contributed by atoms with Crippen molar-refractivity contribution in [2.45, 2.75) is 6.92 Å². The Labute approximate surface area is 91.5 Å². The van der Waals surface area contributed by atoms with E-state index in [9.17, 15) is 4.79 Å². The van der Waals surface area contributed by atoms with Gasteiger partial charge in [-0.15, -0.1) is 11.3 Å². The van der Waals surface area contributed by atoms with Crippen molar-refractivity contribution in [2.24, 2.45) is 0 Å². The summed E-state index contributed by atoms with van der Waals surface area (Å²) in [4.78, 5) is 12.0. The van der Waals surface area contributed by atoms with Crippen LogP contribution >= 0.6 is 11.3 Å². The first-order valence-corrected chi connectivity index (χ1v) is 5.49. The summed E-state index contributed by atoms with van der Waals surface area (Å²) in [6, 6.07) is 7.68. The SMILES string of the molecule is CCOC(=O)c1sc2ccccc2c1N. The molecule has 0 aliphatic rings. The van der Waals surface area contributed by atoms with E-state index in [4.69, 9.17) is 10.5 Å². The molecule has 1 aromatic heterocycles. The predicted octanol–water partition coefficient (Wildman–Crippen LogP) is 2.66. The summed E-state index contributed by atoms with van der Waals surface area (Å²) < 4.78 is 5.94. The Bertz CT molecular complexity index is 504. The predicted molar refractivity (Wildman–Crippen MR) is 62.2 cm³/mol. The van der Waals surface area contributed by atoms with Gasteiger partial charge in [0.15, 0.2) is 0 Å². The van der Waals surface area contributed by atoms with Crippen LogP contribution in [0.2, 0.25) is 0 Å². The fourth-order valence-electron chi connectivity index (χ4n) is 1.41. The summed E-state index contributed by atoms with van der Waals surface area (Å²) in [6.07, 6.45) is 0. The molecule has 0 spiro atoms. The number of esters is 1. The van der Waals surface area contributed by atoms with E-state index in [1.54, 1.807) is 6.92 Å². The van der Waals surface area contributed by atoms with Crippen molar-refractivity contribution in [3.05, 3.63) is 29.1 Å². The molecule has 0 unspecified atom stereocenters. The van der Waals surface area contributed by atoms with Gasteiger partial charge in [-0.05, 0) is 13.0 Å². The first kappa shape index (κ1) is 9.98. The van der Waals surface area contributed by atoms with Crippen LogP contribution in [0.4, 0.5) is 5.69 Å². The number of hydrogen-bond donors (Lipinski definition) is 1. The zero-order valence-corrected chi connectivity index (χ0v) is 9.14. The average Bonchev–Trinajstić information content (AvgIpc) is 2.57. The van der Waals surface area contributed by atoms with Crippen molar-refractivity contribution in [1.82, 2.24) is 0 Å². The molecule has 0 atom stereocenters. The standard InChI is InChI=1S/C11H11NO2S/c1-2-14-11(13)10-9(12)7-5-3-4-6-8(7)15-10/h3-6H,2,12H2,1H3. The molecule has 2 N–H and O–H groups in total. The molecule has 0 aliphatic carbocycles. The van der Waals surface area contributed by atoms with Gasteiger partial charge in [-0.1, -0.05) is 18.2 Å². The van der Waals surface area contributed by atoms with E-state index in [1.807, 2.05) is 24.3 Å². The molecular formula is C11H11NO2S. The highest BCUT2D eigenvalue weighted by Gasteiger charge is 2.16. The smallest absolute Gasteiger partial charge is 0.350 e. The number of rotatable bonds is 2. The minimum absolute atomic E-state index is 0.337. The largest absolute Gasteiger partial charge is 0.462 e. The van der Waals surface area contributed by atoms with Crippen molar-refractivity contribution in [3.8, 4) is 0 Å². The second-order valence-electron chi connectivity index (χ2n) is 3.06. The van der Waals surface area contributed by atoms with Crippen LogP contribution in [0, 0.1) is 0 Å². The summed E-state index contributed by atoms with van der Waals surface area (Å²) in [5.41, 5.74) is 6.40. The van der Waals surface area contributed by atoms with E-state index in [1.165, 1.54) is 11.3 Å². The Morgan fingerprint density at radius 1 is 1.47 bits per heavy atom. The van der Waals surface area contributed by atoms with Crippen LogP contribution in [0.3, 0.4) is 0 Å². The summed E-state index contributed by atoms with van der Waals surface area (Å²) in [6.45, 7) is 2.15. The Kier molecular flexibility index (Phi) is 2.60. The summed E-state index contributed by atoms with van der Waals surface area (Å²) in [7, 11) is 0. The van der Waals surface area contributed by atoms with Crippen molar-refractivity contribution in [1.29, 1.82) is 0 Å². The van der Waals surface area contributed by atoms with Gasteiger partial charge in [0.25, 0.3) is 0 Å². The topological polar surface area (TPSA) is 52.3 Å². The van der Waals surface area contributed by atoms with Crippen LogP contribution in [-0.4, -0.2) is 12.6 Å². The first-order valence-electron chi connectivity index (χ1n) is 4.68. The molecule has 15 heavy (non-hydrogen) atoms. The van der Waals surface area contributed by atoms with Gasteiger partial charge in [-0.2, -0.15) is 0 Å². The molecule has 0 amide bonds. The highest BCUT2D eigenvalue weighted by Crippen LogP contribution is 2.33. The fraction of sp³-hybridized carbons (Fsp3) is 0.182. The molecule has 1 heterocycles. The number of nitrogen functional groups attached to an aromatic ring is 1. The molecule has 3 nitrogen and oxygen atoms in total. The van der Waals surface area contributed by atoms with E-state index < -0.39 is 0 Å². The van der Waals surface area contributed by atoms with Crippen molar-refractivity contribution in [2.75, 3.05) is 12.3 Å². The first-order chi connectivity index (χ1) is 7.24. The lowest BCUT2D eigenvalue weighted by Gasteiger charge is -1.98. The maximum atomic E-state index is 11.5. The summed E-state index contributed by atoms with van der Waals surface area (Å²) in [5.74, 6) is -0.337. The van der Waals surface area contributed by atoms with E-state index in [-0.39, 0.29) is 5.97 Å². The zero-order valence-electron chi connectivity index (χ0n) is 8.32. The number of carbonyl (C=O) groups excluding carboxylic acids is 1. The molecule has 2 aromatic rings. The minimum Gasteiger partial charge on any atom is -0.462 e. The summed E-state index contributed by atoms with van der Waals surface area (Å²) >= 11 is 1.37. The minimum atomic E-state index is -0.337. The molecule has 0 bridgehead atoms. The number of hydrogen-bond acceptors (Lipinski definition) is 4. The highest BCUT2D eigenvalue weighted by atomic mass is 32.1. The number of benzene rings is 1. The van der Waals surface area contributed by atoms with Crippen LogP contribution in [-0.2, 0) is 4.74 Å². The summed E-state index contributed by atoms with van der Waals surface area (Å²) in [5, 5.41) is 0.922. The lowest BCUT2D eigenvalue weighted by molar-refractivity contribution is 0.0533. The third-order valence-corrected chi connectivity index (χ3v) is 3.26. The lowest BCUT2D eigenvalue weighted by atomic mass is 10.2. The quantitative estimate of drug-likeness (QED) is 0.793. The van der Waals surface area contributed by atoms with E-state index in [0.29, 0.717) is 17.2 Å². The number of carbonyl (C=O) groups is 1. The number of ether oxygens (including phenoxy) is 1. The number of thiophene rings is 1. The monoisotopic (exact) mass is 221 g/mol. The molecule has 78 valence electrons. The van der Waals surface area contributed by atoms with Crippen LogP contribution in [0.15, 0.2) is 24.3 Å². The number of fused-ring (bicyclic) bond motifs is 1. The van der Waals surface area contributed by atoms with Gasteiger partial charge < -0.3 is 10.5 Å². The van der Waals surface area contributed by atoms with Crippen molar-refractivity contribution >= 4 is 33.1 Å². The fourth-order valence-corrected chi connectivity index (χ4v) is 2.43. The molecule has 0 saturated heterocycles. The Morgan fingerprint density at radius 2 is 2.20 bits per heavy atom. The van der Waals surface area contributed by atoms with E-state index in [2.05, 4.69) is 0 Å². The second kappa shape index (κ2) is 3.90. The third-order valence-electron chi connectivity index (χ3n) is 2.09. The van der Waals surface area contributed by atoms with Crippen molar-refractivity contribution in [3.63, 3.8) is 0 Å². The van der Waals surface area contributed by atoms with Gasteiger partial charge in [0.1, 0.15) is 4.88 Å². The molecule has 0 saturated carbocycles. The highest BCUT2D eigenvalue weighted by molar-refractivity contribution is 7.21. The number of nitrogens with two attached hydrogens (primary N) is 1. The van der Waals surface area contributed by atoms with Crippen LogP contribution in [0.25, 0.3) is 10.1 Å². The Morgan fingerprint density at radius 3 is 2.87 bits per heavy atom. The average molecular weight is 221 g/mol. The molecule has 2 rings (SSSR count). The van der Waals surface area contributed by atoms with Gasteiger partial charge in [-0.3, -0.25) is 0 Å². The van der Waals surface area contributed by atoms with Gasteiger partial charge in [0.2, 0.25) is 0 Å². The normalized spacial score (nSPS) is 10.5. The lowest BCUT2D eigenvalue weighted by Crippen LogP contribution is -2.04. The van der Waals surface area contributed by atoms with Gasteiger partial charge in [0.05, 0.1) is 12.3 Å². The van der Waals surface area contributed by atoms with Crippen LogP contribution < -0.4 is 5.73 Å². The Balaban J connectivity index is 2.53. The van der Waals surface area contributed by atoms with Crippen LogP contribution in [0.1, 0.15) is 16.6 Å².